The highest BCUT2D eigenvalue weighted by Gasteiger charge is 2.25. The summed E-state index contributed by atoms with van der Waals surface area (Å²) in [5.41, 5.74) is 36.5. The highest BCUT2D eigenvalue weighted by molar-refractivity contribution is 5.85. The molecule has 3 atom stereocenters. The van der Waals surface area contributed by atoms with Crippen LogP contribution in [0.5, 0.6) is 0 Å². The Morgan fingerprint density at radius 2 is 0.894 bits per heavy atom. The third-order valence-electron chi connectivity index (χ3n) is 10.1. The van der Waals surface area contributed by atoms with Gasteiger partial charge in [-0.2, -0.15) is 0 Å². The molecule has 0 saturated carbocycles. The zero-order valence-corrected chi connectivity index (χ0v) is 38.0. The van der Waals surface area contributed by atoms with E-state index in [2.05, 4.69) is 26.3 Å². The van der Waals surface area contributed by atoms with Gasteiger partial charge in [-0.15, -0.1) is 0 Å². The number of benzene rings is 2. The minimum absolute atomic E-state index is 0.00171. The van der Waals surface area contributed by atoms with Gasteiger partial charge in [-0.1, -0.05) is 60.7 Å². The van der Waals surface area contributed by atoms with Crippen molar-refractivity contribution < 1.29 is 38.4 Å². The first-order valence-electron chi connectivity index (χ1n) is 22.1. The minimum atomic E-state index is -0.964. The summed E-state index contributed by atoms with van der Waals surface area (Å²) in [5, 5.41) is 10.7. The van der Waals surface area contributed by atoms with Crippen molar-refractivity contribution in [1.82, 2.24) is 36.0 Å². The predicted octanol–water partition coefficient (Wildman–Crippen LogP) is -3.48. The molecule has 0 aliphatic carbocycles. The zero-order valence-electron chi connectivity index (χ0n) is 38.0. The van der Waals surface area contributed by atoms with Gasteiger partial charge in [-0.05, 0) is 36.8 Å². The van der Waals surface area contributed by atoms with E-state index in [1.807, 2.05) is 60.7 Å². The van der Waals surface area contributed by atoms with Crippen molar-refractivity contribution in [2.24, 2.45) is 39.4 Å². The number of guanidine groups is 1. The molecule has 2 rings (SSSR count). The highest BCUT2D eigenvalue weighted by atomic mass is 16.2. The molecule has 0 radical (unpaired) electrons. The number of rotatable bonds is 32. The van der Waals surface area contributed by atoms with Crippen molar-refractivity contribution in [3.8, 4) is 0 Å². The first-order valence-corrected chi connectivity index (χ1v) is 22.1. The van der Waals surface area contributed by atoms with Gasteiger partial charge in [0.15, 0.2) is 5.96 Å². The molecular formula is C44H70N14O8. The number of carbonyl (C=O) groups is 8. The molecular weight excluding hydrogens is 853 g/mol. The van der Waals surface area contributed by atoms with Crippen LogP contribution in [0.25, 0.3) is 0 Å². The summed E-state index contributed by atoms with van der Waals surface area (Å²) < 4.78 is 0. The van der Waals surface area contributed by atoms with E-state index < -0.39 is 53.6 Å². The molecule has 0 aliphatic rings. The summed E-state index contributed by atoms with van der Waals surface area (Å²) in [6.07, 6.45) is 0.789. The lowest BCUT2D eigenvalue weighted by Crippen LogP contribution is -2.49. The number of nitrogens with two attached hydrogens (primary N) is 6. The molecule has 0 fully saturated rings. The molecule has 0 aromatic heterocycles. The lowest BCUT2D eigenvalue weighted by molar-refractivity contribution is -0.135. The van der Waals surface area contributed by atoms with E-state index in [1.165, 1.54) is 21.6 Å². The van der Waals surface area contributed by atoms with Gasteiger partial charge in [-0.3, -0.25) is 43.3 Å². The second-order valence-corrected chi connectivity index (χ2v) is 15.6. The minimum Gasteiger partial charge on any atom is -0.370 e. The number of aliphatic imine (C=N–C) groups is 1. The van der Waals surface area contributed by atoms with Crippen LogP contribution in [0.1, 0.15) is 56.6 Å². The lowest BCUT2D eigenvalue weighted by Gasteiger charge is -2.27. The Morgan fingerprint density at radius 3 is 1.27 bits per heavy atom. The maximum atomic E-state index is 13.6. The number of nitrogens with one attached hydrogen (secondary N) is 4. The van der Waals surface area contributed by atoms with E-state index in [0.717, 1.165) is 11.1 Å². The summed E-state index contributed by atoms with van der Waals surface area (Å²) in [6.45, 7) is 1.90. The van der Waals surface area contributed by atoms with Gasteiger partial charge in [-0.25, -0.2) is 0 Å². The number of carbonyl (C=O) groups excluding carboxylic acids is 8. The Bertz CT molecular complexity index is 1880. The van der Waals surface area contributed by atoms with Crippen LogP contribution < -0.4 is 55.7 Å². The molecule has 2 aromatic rings. The van der Waals surface area contributed by atoms with Gasteiger partial charge < -0.3 is 70.4 Å². The van der Waals surface area contributed by atoms with E-state index in [9.17, 15) is 38.4 Å². The molecule has 0 bridgehead atoms. The van der Waals surface area contributed by atoms with E-state index in [4.69, 9.17) is 34.4 Å². The molecule has 0 spiro atoms. The fraction of sp³-hybridized carbons (Fsp3) is 0.523. The molecule has 0 saturated heterocycles. The monoisotopic (exact) mass is 923 g/mol. The average molecular weight is 923 g/mol. The van der Waals surface area contributed by atoms with E-state index in [1.54, 1.807) is 0 Å². The predicted molar refractivity (Wildman–Crippen MR) is 249 cm³/mol. The average Bonchev–Trinajstić information content (AvgIpc) is 3.28. The Hall–Kier alpha value is -6.65. The molecule has 22 nitrogen and oxygen atoms in total. The summed E-state index contributed by atoms with van der Waals surface area (Å²) in [7, 11) is 0. The van der Waals surface area contributed by atoms with Crippen LogP contribution in [0, 0.1) is 0 Å². The third kappa shape index (κ3) is 23.9. The molecule has 66 heavy (non-hydrogen) atoms. The molecule has 2 aromatic carbocycles. The Morgan fingerprint density at radius 1 is 0.515 bits per heavy atom. The maximum Gasteiger partial charge on any atom is 0.239 e. The molecule has 0 aliphatic heterocycles. The maximum absolute atomic E-state index is 13.6. The zero-order chi connectivity index (χ0) is 48.9. The van der Waals surface area contributed by atoms with E-state index in [-0.39, 0.29) is 135 Å². The van der Waals surface area contributed by atoms with Crippen molar-refractivity contribution in [1.29, 1.82) is 0 Å². The van der Waals surface area contributed by atoms with Crippen LogP contribution in [-0.4, -0.2) is 158 Å². The summed E-state index contributed by atoms with van der Waals surface area (Å²) >= 11 is 0. The topological polar surface area (TPSA) is 363 Å². The highest BCUT2D eigenvalue weighted by Crippen LogP contribution is 2.08. The first-order chi connectivity index (χ1) is 31.5. The lowest BCUT2D eigenvalue weighted by atomic mass is 10.1. The van der Waals surface area contributed by atoms with Gasteiger partial charge in [0, 0.05) is 105 Å². The van der Waals surface area contributed by atoms with Gasteiger partial charge >= 0.3 is 0 Å². The fourth-order valence-electron chi connectivity index (χ4n) is 6.58. The molecule has 16 N–H and O–H groups in total. The van der Waals surface area contributed by atoms with Crippen molar-refractivity contribution in [3.05, 3.63) is 71.8 Å². The van der Waals surface area contributed by atoms with Crippen LogP contribution in [0.2, 0.25) is 0 Å². The normalized spacial score (nSPS) is 12.1. The molecule has 0 unspecified atom stereocenters. The van der Waals surface area contributed by atoms with Crippen LogP contribution in [-0.2, 0) is 51.2 Å². The van der Waals surface area contributed by atoms with Gasteiger partial charge in [0.1, 0.15) is 0 Å². The largest absolute Gasteiger partial charge is 0.370 e. The summed E-state index contributed by atoms with van der Waals surface area (Å²) in [5.74, 6) is -3.49. The van der Waals surface area contributed by atoms with E-state index >= 15 is 0 Å². The van der Waals surface area contributed by atoms with Crippen LogP contribution in [0.15, 0.2) is 65.7 Å². The van der Waals surface area contributed by atoms with Crippen molar-refractivity contribution >= 4 is 53.2 Å². The van der Waals surface area contributed by atoms with Crippen molar-refractivity contribution in [3.63, 3.8) is 0 Å². The van der Waals surface area contributed by atoms with Gasteiger partial charge in [0.2, 0.25) is 47.3 Å². The number of primary amides is 1. The smallest absolute Gasteiger partial charge is 0.239 e. The summed E-state index contributed by atoms with van der Waals surface area (Å²) in [4.78, 5) is 110. The van der Waals surface area contributed by atoms with Crippen molar-refractivity contribution in [2.45, 2.75) is 76.4 Å². The molecule has 22 heteroatoms. The number of hydrogen-bond acceptors (Lipinski definition) is 12. The van der Waals surface area contributed by atoms with Gasteiger partial charge in [0.05, 0.1) is 18.1 Å². The quantitative estimate of drug-likeness (QED) is 0.0194. The second kappa shape index (κ2) is 31.3. The van der Waals surface area contributed by atoms with Crippen LogP contribution in [0.3, 0.4) is 0 Å². The van der Waals surface area contributed by atoms with E-state index in [0.29, 0.717) is 6.42 Å². The number of hydrogen-bond donors (Lipinski definition) is 10. The number of nitrogens with zero attached hydrogens (tertiary/aromatic N) is 4. The standard InChI is InChI=1S/C44H70N14O8/c1-31(59)51-20-26-57(42(65)35(46)29-32-9-4-2-5-10-32)25-17-40(63)53-21-27-56(41(64)34(45)13-8-18-55-44(49)50)23-16-39(62)54-22-28-58(24-15-38(61)52-19-14-37(48)60)43(66)36(47)30-33-11-6-3-7-12-33/h2-7,9-12,34-36H,8,13-30,45-47H2,1H3,(H2,48,60)(H,51,59)(H,52,61)(H,53,63)(H,54,62)(H4,49,50,55)/t34-,35-,36-/m0/s1. The summed E-state index contributed by atoms with van der Waals surface area (Å²) in [6, 6.07) is 15.7. The Balaban J connectivity index is 2.05. The SMILES string of the molecule is CC(=O)NCCN(CCC(=O)NCCN(CCC(=O)NCCN(CCC(=O)NCCC(N)=O)C(=O)[C@@H](N)Cc1ccccc1)C(=O)[C@@H](N)CCCN=C(N)N)C(=O)[C@@H](N)Cc1ccccc1. The van der Waals surface area contributed by atoms with Crippen molar-refractivity contribution in [2.75, 3.05) is 72.0 Å². The number of amides is 8. The molecule has 8 amide bonds. The van der Waals surface area contributed by atoms with Crippen LogP contribution >= 0.6 is 0 Å². The fourth-order valence-corrected chi connectivity index (χ4v) is 6.58. The van der Waals surface area contributed by atoms with Crippen LogP contribution in [0.4, 0.5) is 0 Å². The molecule has 0 heterocycles. The van der Waals surface area contributed by atoms with Gasteiger partial charge in [0.25, 0.3) is 0 Å². The Kier molecular flexibility index (Phi) is 26.3. The second-order valence-electron chi connectivity index (χ2n) is 15.6. The third-order valence-corrected chi connectivity index (χ3v) is 10.1. The molecule has 364 valence electrons. The first kappa shape index (κ1) is 55.5. The Labute approximate surface area is 386 Å².